The molecule has 0 aliphatic carbocycles. The minimum Gasteiger partial charge on any atom is -0.399 e. The van der Waals surface area contributed by atoms with E-state index >= 15 is 0 Å². The molecule has 0 aliphatic heterocycles. The molecule has 23 heavy (non-hydrogen) atoms. The van der Waals surface area contributed by atoms with Crippen molar-refractivity contribution < 1.29 is 9.59 Å². The van der Waals surface area contributed by atoms with E-state index in [1.54, 1.807) is 6.07 Å². The van der Waals surface area contributed by atoms with Crippen LogP contribution in [0.1, 0.15) is 21.9 Å². The molecule has 8 heteroatoms. The lowest BCUT2D eigenvalue weighted by Crippen LogP contribution is -2.20. The van der Waals surface area contributed by atoms with Crippen molar-refractivity contribution in [2.75, 3.05) is 5.73 Å². The minimum absolute atomic E-state index is 0.0185. The maximum atomic E-state index is 12.1. The van der Waals surface area contributed by atoms with Gasteiger partial charge in [-0.1, -0.05) is 12.1 Å². The zero-order valence-electron chi connectivity index (χ0n) is 12.1. The summed E-state index contributed by atoms with van der Waals surface area (Å²) in [5, 5.41) is 12.5. The second-order valence-electron chi connectivity index (χ2n) is 5.03. The lowest BCUT2D eigenvalue weighted by atomic mass is 10.1. The number of nitrogen functional groups attached to an aromatic ring is 1. The van der Waals surface area contributed by atoms with Crippen LogP contribution < -0.4 is 5.73 Å². The molecular formula is C15H14N6O2. The molecule has 8 nitrogen and oxygen atoms in total. The first-order chi connectivity index (χ1) is 11.1. The van der Waals surface area contributed by atoms with Crippen molar-refractivity contribution in [1.29, 1.82) is 0 Å². The van der Waals surface area contributed by atoms with Crippen molar-refractivity contribution in [1.82, 2.24) is 25.2 Å². The number of hydrogen-bond donors (Lipinski definition) is 2. The summed E-state index contributed by atoms with van der Waals surface area (Å²) in [5.74, 6) is -1.55. The van der Waals surface area contributed by atoms with Crippen LogP contribution in [0.5, 0.6) is 0 Å². The number of nitrogens with one attached hydrogen (secondary N) is 1. The van der Waals surface area contributed by atoms with Crippen molar-refractivity contribution in [3.8, 4) is 0 Å². The number of carbonyl (C=O) groups is 2. The Morgan fingerprint density at radius 2 is 1.96 bits per heavy atom. The zero-order valence-corrected chi connectivity index (χ0v) is 12.1. The molecule has 1 aromatic carbocycles. The Balaban J connectivity index is 1.72. The van der Waals surface area contributed by atoms with Gasteiger partial charge in [0.1, 0.15) is 0 Å². The highest BCUT2D eigenvalue weighted by Crippen LogP contribution is 2.11. The van der Waals surface area contributed by atoms with E-state index in [2.05, 4.69) is 20.6 Å². The Hall–Kier alpha value is -3.29. The van der Waals surface area contributed by atoms with Gasteiger partial charge in [-0.05, 0) is 35.0 Å². The summed E-state index contributed by atoms with van der Waals surface area (Å²) >= 11 is 0. The van der Waals surface area contributed by atoms with Crippen LogP contribution in [0.15, 0.2) is 42.6 Å². The molecule has 0 saturated carbocycles. The number of Topliss-reactive ketones (excluding diaryl/α,β-unsaturated/α-hetero) is 2. The third-order valence-electron chi connectivity index (χ3n) is 3.40. The zero-order chi connectivity index (χ0) is 16.2. The molecule has 116 valence electrons. The molecule has 3 rings (SSSR count). The number of ketones is 2. The lowest BCUT2D eigenvalue weighted by Gasteiger charge is -2.09. The average Bonchev–Trinajstić information content (AvgIpc) is 3.21. The van der Waals surface area contributed by atoms with Gasteiger partial charge in [0.2, 0.25) is 11.6 Å². The van der Waals surface area contributed by atoms with Gasteiger partial charge in [-0.3, -0.25) is 9.59 Å². The van der Waals surface area contributed by atoms with E-state index < -0.39 is 11.6 Å². The van der Waals surface area contributed by atoms with E-state index in [1.807, 2.05) is 41.1 Å². The van der Waals surface area contributed by atoms with Crippen molar-refractivity contribution in [3.05, 3.63) is 59.7 Å². The summed E-state index contributed by atoms with van der Waals surface area (Å²) in [7, 11) is 0. The summed E-state index contributed by atoms with van der Waals surface area (Å²) in [5.41, 5.74) is 8.15. The van der Waals surface area contributed by atoms with Crippen LogP contribution in [-0.2, 0) is 17.8 Å². The number of H-pyrrole nitrogens is 1. The van der Waals surface area contributed by atoms with Crippen molar-refractivity contribution >= 4 is 17.3 Å². The van der Waals surface area contributed by atoms with Gasteiger partial charge in [-0.2, -0.15) is 5.21 Å². The monoisotopic (exact) mass is 310 g/mol. The standard InChI is InChI=1S/C15H14N6O2/c16-11-5-3-10(4-6-11)9-21-7-1-2-12(21)8-13(22)14(23)15-17-19-20-18-15/h1-7H,8-9,16H2,(H,17,18,19,20). The molecule has 3 aromatic rings. The highest BCUT2D eigenvalue weighted by Gasteiger charge is 2.21. The van der Waals surface area contributed by atoms with Gasteiger partial charge >= 0.3 is 0 Å². The molecule has 0 bridgehead atoms. The predicted octanol–water partition coefficient (Wildman–Crippen LogP) is 0.626. The van der Waals surface area contributed by atoms with Crippen molar-refractivity contribution in [3.63, 3.8) is 0 Å². The number of tetrazole rings is 1. The average molecular weight is 310 g/mol. The molecule has 0 spiro atoms. The number of carbonyl (C=O) groups excluding carboxylic acids is 2. The Bertz CT molecular complexity index is 820. The largest absolute Gasteiger partial charge is 0.399 e. The number of hydrogen-bond acceptors (Lipinski definition) is 6. The Morgan fingerprint density at radius 1 is 1.17 bits per heavy atom. The number of benzene rings is 1. The van der Waals surface area contributed by atoms with Crippen LogP contribution in [0.3, 0.4) is 0 Å². The van der Waals surface area contributed by atoms with Gasteiger partial charge in [0, 0.05) is 24.1 Å². The summed E-state index contributed by atoms with van der Waals surface area (Å²) in [6.45, 7) is 0.590. The first-order valence-corrected chi connectivity index (χ1v) is 6.93. The molecule has 3 N–H and O–H groups in total. The summed E-state index contributed by atoms with van der Waals surface area (Å²) in [6.07, 6.45) is 1.84. The maximum Gasteiger partial charge on any atom is 0.269 e. The number of rotatable bonds is 6. The second-order valence-corrected chi connectivity index (χ2v) is 5.03. The normalized spacial score (nSPS) is 10.6. The molecule has 0 fully saturated rings. The van der Waals surface area contributed by atoms with E-state index in [4.69, 9.17) is 5.73 Å². The van der Waals surface area contributed by atoms with Crippen LogP contribution in [0.4, 0.5) is 5.69 Å². The number of anilines is 1. The Labute approximate surface area is 131 Å². The van der Waals surface area contributed by atoms with Gasteiger partial charge < -0.3 is 10.3 Å². The van der Waals surface area contributed by atoms with E-state index in [1.165, 1.54) is 0 Å². The molecule has 0 aliphatic rings. The fourth-order valence-electron chi connectivity index (χ4n) is 2.21. The van der Waals surface area contributed by atoms with Crippen LogP contribution in [0.25, 0.3) is 0 Å². The van der Waals surface area contributed by atoms with E-state index in [9.17, 15) is 9.59 Å². The highest BCUT2D eigenvalue weighted by molar-refractivity contribution is 6.42. The number of aromatic amines is 1. The van der Waals surface area contributed by atoms with Gasteiger partial charge in [0.05, 0.1) is 6.42 Å². The van der Waals surface area contributed by atoms with E-state index in [0.717, 1.165) is 11.3 Å². The SMILES string of the molecule is Nc1ccc(Cn2cccc2CC(=O)C(=O)c2nn[nH]n2)cc1. The lowest BCUT2D eigenvalue weighted by molar-refractivity contribution is -0.114. The predicted molar refractivity (Wildman–Crippen MR) is 81.6 cm³/mol. The summed E-state index contributed by atoms with van der Waals surface area (Å²) in [4.78, 5) is 23.9. The highest BCUT2D eigenvalue weighted by atomic mass is 16.2. The molecule has 0 unspecified atom stereocenters. The number of aromatic nitrogens is 5. The number of nitrogens with two attached hydrogens (primary N) is 1. The molecule has 2 aromatic heterocycles. The quantitative estimate of drug-likeness (QED) is 0.391. The third kappa shape index (κ3) is 3.31. The van der Waals surface area contributed by atoms with Crippen molar-refractivity contribution in [2.24, 2.45) is 0 Å². The first kappa shape index (κ1) is 14.6. The topological polar surface area (TPSA) is 120 Å². The summed E-state index contributed by atoms with van der Waals surface area (Å²) < 4.78 is 1.91. The van der Waals surface area contributed by atoms with Crippen LogP contribution in [-0.4, -0.2) is 36.8 Å². The summed E-state index contributed by atoms with van der Waals surface area (Å²) in [6, 6.07) is 11.1. The maximum absolute atomic E-state index is 12.1. The second kappa shape index (κ2) is 6.22. The van der Waals surface area contributed by atoms with Gasteiger partial charge in [-0.15, -0.1) is 10.2 Å². The molecule has 0 radical (unpaired) electrons. The molecule has 0 amide bonds. The van der Waals surface area contributed by atoms with E-state index in [-0.39, 0.29) is 12.2 Å². The molecule has 0 atom stereocenters. The van der Waals surface area contributed by atoms with Crippen LogP contribution >= 0.6 is 0 Å². The first-order valence-electron chi connectivity index (χ1n) is 6.93. The smallest absolute Gasteiger partial charge is 0.269 e. The molecule has 0 saturated heterocycles. The Kier molecular flexibility index (Phi) is 3.96. The molecular weight excluding hydrogens is 296 g/mol. The number of nitrogens with zero attached hydrogens (tertiary/aromatic N) is 4. The van der Waals surface area contributed by atoms with E-state index in [0.29, 0.717) is 12.2 Å². The van der Waals surface area contributed by atoms with Crippen LogP contribution in [0, 0.1) is 0 Å². The fourth-order valence-corrected chi connectivity index (χ4v) is 2.21. The fraction of sp³-hybridized carbons (Fsp3) is 0.133. The van der Waals surface area contributed by atoms with Crippen LogP contribution in [0.2, 0.25) is 0 Å². The minimum atomic E-state index is -0.751. The van der Waals surface area contributed by atoms with Gasteiger partial charge in [-0.25, -0.2) is 0 Å². The van der Waals surface area contributed by atoms with Gasteiger partial charge in [0.25, 0.3) is 5.78 Å². The Morgan fingerprint density at radius 3 is 2.65 bits per heavy atom. The molecule has 2 heterocycles. The van der Waals surface area contributed by atoms with Crippen molar-refractivity contribution in [2.45, 2.75) is 13.0 Å². The third-order valence-corrected chi connectivity index (χ3v) is 3.40. The van der Waals surface area contributed by atoms with Gasteiger partial charge in [0.15, 0.2) is 0 Å².